The molecule has 0 saturated carbocycles. The Hall–Kier alpha value is -2.07. The van der Waals surface area contributed by atoms with Gasteiger partial charge in [-0.2, -0.15) is 0 Å². The molecule has 1 aliphatic heterocycles. The number of piperidine rings is 1. The number of aromatic nitrogens is 1. The summed E-state index contributed by atoms with van der Waals surface area (Å²) in [5.41, 5.74) is 1.88. The van der Waals surface area contributed by atoms with Crippen molar-refractivity contribution in [3.05, 3.63) is 59.9 Å². The number of rotatable bonds is 4. The Bertz CT molecular complexity index is 585. The van der Waals surface area contributed by atoms with Gasteiger partial charge in [0.2, 0.25) is 0 Å². The van der Waals surface area contributed by atoms with Crippen LogP contribution in [0.25, 0.3) is 0 Å². The van der Waals surface area contributed by atoms with E-state index < -0.39 is 0 Å². The van der Waals surface area contributed by atoms with Crippen molar-refractivity contribution in [3.63, 3.8) is 0 Å². The monoisotopic (exact) mass is 283 g/mol. The van der Waals surface area contributed by atoms with E-state index in [0.717, 1.165) is 37.2 Å². The van der Waals surface area contributed by atoms with Crippen LogP contribution in [0.3, 0.4) is 0 Å². The molecule has 4 heteroatoms. The molecule has 0 unspecified atom stereocenters. The SMILES string of the molecule is O=C(NCc1ccccc1)c1cccn1C1CCNCC1. The minimum Gasteiger partial charge on any atom is -0.347 e. The summed E-state index contributed by atoms with van der Waals surface area (Å²) >= 11 is 0. The number of carbonyl (C=O) groups is 1. The van der Waals surface area contributed by atoms with Crippen LogP contribution in [-0.2, 0) is 6.54 Å². The van der Waals surface area contributed by atoms with Crippen molar-refractivity contribution in [3.8, 4) is 0 Å². The maximum atomic E-state index is 12.4. The van der Waals surface area contributed by atoms with Gasteiger partial charge >= 0.3 is 0 Å². The predicted octanol–water partition coefficient (Wildman–Crippen LogP) is 2.34. The summed E-state index contributed by atoms with van der Waals surface area (Å²) in [4.78, 5) is 12.4. The van der Waals surface area contributed by atoms with Gasteiger partial charge < -0.3 is 15.2 Å². The largest absolute Gasteiger partial charge is 0.347 e. The number of amides is 1. The molecule has 2 N–H and O–H groups in total. The molecule has 2 heterocycles. The van der Waals surface area contributed by atoms with Crippen molar-refractivity contribution < 1.29 is 4.79 Å². The molecule has 1 saturated heterocycles. The molecule has 110 valence electrons. The van der Waals surface area contributed by atoms with Crippen LogP contribution >= 0.6 is 0 Å². The molecule has 1 aliphatic rings. The zero-order valence-corrected chi connectivity index (χ0v) is 12.1. The number of nitrogens with one attached hydrogen (secondary N) is 2. The van der Waals surface area contributed by atoms with Gasteiger partial charge in [-0.05, 0) is 43.6 Å². The van der Waals surface area contributed by atoms with E-state index in [0.29, 0.717) is 12.6 Å². The summed E-state index contributed by atoms with van der Waals surface area (Å²) in [6, 6.07) is 14.3. The molecule has 0 radical (unpaired) electrons. The minimum atomic E-state index is 0.00221. The van der Waals surface area contributed by atoms with E-state index in [2.05, 4.69) is 15.2 Å². The zero-order chi connectivity index (χ0) is 14.5. The standard InChI is InChI=1S/C17H21N3O/c21-17(19-13-14-5-2-1-3-6-14)16-7-4-12-20(16)15-8-10-18-11-9-15/h1-7,12,15,18H,8-11,13H2,(H,19,21). The molecule has 0 spiro atoms. The highest BCUT2D eigenvalue weighted by molar-refractivity contribution is 5.92. The third-order valence-corrected chi connectivity index (χ3v) is 4.01. The van der Waals surface area contributed by atoms with Gasteiger partial charge in [0.05, 0.1) is 0 Å². The number of hydrogen-bond acceptors (Lipinski definition) is 2. The van der Waals surface area contributed by atoms with Crippen molar-refractivity contribution in [1.29, 1.82) is 0 Å². The maximum absolute atomic E-state index is 12.4. The highest BCUT2D eigenvalue weighted by Gasteiger charge is 2.19. The number of benzene rings is 1. The van der Waals surface area contributed by atoms with E-state index in [4.69, 9.17) is 0 Å². The van der Waals surface area contributed by atoms with Gasteiger partial charge in [0.1, 0.15) is 5.69 Å². The van der Waals surface area contributed by atoms with Crippen LogP contribution in [0.1, 0.15) is 34.9 Å². The zero-order valence-electron chi connectivity index (χ0n) is 12.1. The van der Waals surface area contributed by atoms with E-state index in [-0.39, 0.29) is 5.91 Å². The second-order valence-electron chi connectivity index (χ2n) is 5.45. The van der Waals surface area contributed by atoms with Crippen LogP contribution in [0, 0.1) is 0 Å². The average molecular weight is 283 g/mol. The second-order valence-corrected chi connectivity index (χ2v) is 5.45. The first-order chi connectivity index (χ1) is 10.3. The lowest BCUT2D eigenvalue weighted by molar-refractivity contribution is 0.0938. The van der Waals surface area contributed by atoms with Crippen molar-refractivity contribution in [2.24, 2.45) is 0 Å². The highest BCUT2D eigenvalue weighted by Crippen LogP contribution is 2.21. The van der Waals surface area contributed by atoms with Crippen LogP contribution < -0.4 is 10.6 Å². The molecule has 2 aromatic rings. The molecule has 4 nitrogen and oxygen atoms in total. The second kappa shape index (κ2) is 6.59. The molecule has 1 aromatic heterocycles. The Morgan fingerprint density at radius 3 is 2.67 bits per heavy atom. The fourth-order valence-corrected chi connectivity index (χ4v) is 2.86. The Morgan fingerprint density at radius 2 is 1.90 bits per heavy atom. The molecular weight excluding hydrogens is 262 g/mol. The lowest BCUT2D eigenvalue weighted by Gasteiger charge is -2.25. The molecule has 0 atom stereocenters. The fraction of sp³-hybridized carbons (Fsp3) is 0.353. The van der Waals surface area contributed by atoms with Gasteiger partial charge in [0.15, 0.2) is 0 Å². The fourth-order valence-electron chi connectivity index (χ4n) is 2.86. The topological polar surface area (TPSA) is 46.1 Å². The summed E-state index contributed by atoms with van der Waals surface area (Å²) in [6.45, 7) is 2.61. The summed E-state index contributed by atoms with van der Waals surface area (Å²) in [6.07, 6.45) is 4.18. The van der Waals surface area contributed by atoms with Crippen molar-refractivity contribution >= 4 is 5.91 Å². The normalized spacial score (nSPS) is 15.8. The van der Waals surface area contributed by atoms with E-state index in [1.807, 2.05) is 48.7 Å². The summed E-state index contributed by atoms with van der Waals surface area (Å²) in [5, 5.41) is 6.36. The predicted molar refractivity (Wildman–Crippen MR) is 83.2 cm³/mol. The first-order valence-electron chi connectivity index (χ1n) is 7.54. The first-order valence-corrected chi connectivity index (χ1v) is 7.54. The van der Waals surface area contributed by atoms with E-state index in [1.165, 1.54) is 0 Å². The molecule has 21 heavy (non-hydrogen) atoms. The lowest BCUT2D eigenvalue weighted by atomic mass is 10.1. The number of nitrogens with zero attached hydrogens (tertiary/aromatic N) is 1. The molecule has 1 fully saturated rings. The average Bonchev–Trinajstić information content (AvgIpc) is 3.04. The Kier molecular flexibility index (Phi) is 4.36. The van der Waals surface area contributed by atoms with Gasteiger partial charge in [0.25, 0.3) is 5.91 Å². The summed E-state index contributed by atoms with van der Waals surface area (Å²) in [7, 11) is 0. The summed E-state index contributed by atoms with van der Waals surface area (Å²) in [5.74, 6) is 0.00221. The highest BCUT2D eigenvalue weighted by atomic mass is 16.1. The molecule has 0 aliphatic carbocycles. The molecule has 1 amide bonds. The molecular formula is C17H21N3O. The Morgan fingerprint density at radius 1 is 1.14 bits per heavy atom. The molecule has 1 aromatic carbocycles. The summed E-state index contributed by atoms with van der Waals surface area (Å²) < 4.78 is 2.13. The van der Waals surface area contributed by atoms with Gasteiger partial charge in [-0.15, -0.1) is 0 Å². The third-order valence-electron chi connectivity index (χ3n) is 4.01. The quantitative estimate of drug-likeness (QED) is 0.904. The third kappa shape index (κ3) is 3.34. The van der Waals surface area contributed by atoms with Crippen LogP contribution in [0.2, 0.25) is 0 Å². The Balaban J connectivity index is 1.66. The first kappa shape index (κ1) is 13.9. The lowest BCUT2D eigenvalue weighted by Crippen LogP contribution is -2.32. The van der Waals surface area contributed by atoms with Gasteiger partial charge in [-0.1, -0.05) is 30.3 Å². The Labute approximate surface area is 125 Å². The van der Waals surface area contributed by atoms with E-state index in [9.17, 15) is 4.79 Å². The number of carbonyl (C=O) groups excluding carboxylic acids is 1. The maximum Gasteiger partial charge on any atom is 0.268 e. The van der Waals surface area contributed by atoms with Crippen LogP contribution in [0.4, 0.5) is 0 Å². The minimum absolute atomic E-state index is 0.00221. The van der Waals surface area contributed by atoms with Crippen LogP contribution in [-0.4, -0.2) is 23.6 Å². The molecule has 0 bridgehead atoms. The van der Waals surface area contributed by atoms with Crippen LogP contribution in [0.15, 0.2) is 48.7 Å². The molecule has 3 rings (SSSR count). The van der Waals surface area contributed by atoms with Crippen molar-refractivity contribution in [2.45, 2.75) is 25.4 Å². The number of hydrogen-bond donors (Lipinski definition) is 2. The van der Waals surface area contributed by atoms with Gasteiger partial charge in [0, 0.05) is 18.8 Å². The van der Waals surface area contributed by atoms with Crippen LogP contribution in [0.5, 0.6) is 0 Å². The van der Waals surface area contributed by atoms with Crippen molar-refractivity contribution in [2.75, 3.05) is 13.1 Å². The van der Waals surface area contributed by atoms with E-state index in [1.54, 1.807) is 0 Å². The van der Waals surface area contributed by atoms with Gasteiger partial charge in [-0.25, -0.2) is 0 Å². The van der Waals surface area contributed by atoms with E-state index >= 15 is 0 Å². The smallest absolute Gasteiger partial charge is 0.268 e. The van der Waals surface area contributed by atoms with Gasteiger partial charge in [-0.3, -0.25) is 4.79 Å². The van der Waals surface area contributed by atoms with Crippen molar-refractivity contribution in [1.82, 2.24) is 15.2 Å².